The first kappa shape index (κ1) is 14.1. The van der Waals surface area contributed by atoms with Crippen LogP contribution < -0.4 is 5.32 Å². The molecule has 4 nitrogen and oxygen atoms in total. The third kappa shape index (κ3) is 3.61. The molecular weight excluding hydrogens is 248 g/mol. The lowest BCUT2D eigenvalue weighted by Gasteiger charge is -2.19. The molecule has 0 aliphatic carbocycles. The van der Waals surface area contributed by atoms with Gasteiger partial charge >= 0.3 is 0 Å². The molecule has 2 heterocycles. The summed E-state index contributed by atoms with van der Waals surface area (Å²) in [5.74, 6) is 0. The fourth-order valence-electron chi connectivity index (χ4n) is 1.93. The lowest BCUT2D eigenvalue weighted by molar-refractivity contribution is 0.443. The molecule has 20 heavy (non-hydrogen) atoms. The molecule has 0 bridgehead atoms. The van der Waals surface area contributed by atoms with Gasteiger partial charge in [0.1, 0.15) is 5.65 Å². The van der Waals surface area contributed by atoms with Gasteiger partial charge in [-0.25, -0.2) is 4.98 Å². The smallest absolute Gasteiger partial charge is 0.137 e. The Balaban J connectivity index is 2.21. The minimum Gasteiger partial charge on any atom is -0.383 e. The number of hydrogen-bond donors (Lipinski definition) is 2. The normalized spacial score (nSPS) is 11.9. The second kappa shape index (κ2) is 5.79. The number of nitrogens with one attached hydrogen (secondary N) is 2. The van der Waals surface area contributed by atoms with Gasteiger partial charge in [0.25, 0.3) is 0 Å². The van der Waals surface area contributed by atoms with Crippen LogP contribution in [0.25, 0.3) is 11.0 Å². The van der Waals surface area contributed by atoms with Crippen LogP contribution >= 0.6 is 0 Å². The van der Waals surface area contributed by atoms with Crippen LogP contribution in [0.2, 0.25) is 0 Å². The first-order chi connectivity index (χ1) is 9.49. The van der Waals surface area contributed by atoms with E-state index in [9.17, 15) is 0 Å². The molecule has 0 radical (unpaired) electrons. The molecule has 0 unspecified atom stereocenters. The third-order valence-electron chi connectivity index (χ3n) is 2.97. The highest BCUT2D eigenvalue weighted by Gasteiger charge is 2.10. The Morgan fingerprint density at radius 1 is 1.45 bits per heavy atom. The molecular formula is C16H20N4. The summed E-state index contributed by atoms with van der Waals surface area (Å²) < 4.78 is 0. The van der Waals surface area contributed by atoms with Crippen LogP contribution in [-0.4, -0.2) is 16.5 Å². The van der Waals surface area contributed by atoms with E-state index >= 15 is 0 Å². The van der Waals surface area contributed by atoms with Crippen molar-refractivity contribution in [1.82, 2.24) is 9.97 Å². The van der Waals surface area contributed by atoms with E-state index in [4.69, 9.17) is 5.26 Å². The van der Waals surface area contributed by atoms with Crippen molar-refractivity contribution < 1.29 is 0 Å². The maximum atomic E-state index is 8.53. The summed E-state index contributed by atoms with van der Waals surface area (Å²) in [4.78, 5) is 7.58. The van der Waals surface area contributed by atoms with E-state index in [0.29, 0.717) is 0 Å². The minimum atomic E-state index is 0.228. The van der Waals surface area contributed by atoms with E-state index in [2.05, 4.69) is 42.1 Å². The van der Waals surface area contributed by atoms with Crippen molar-refractivity contribution in [3.8, 4) is 6.07 Å². The van der Waals surface area contributed by atoms with Crippen molar-refractivity contribution in [3.63, 3.8) is 0 Å². The van der Waals surface area contributed by atoms with Gasteiger partial charge in [-0.1, -0.05) is 26.8 Å². The van der Waals surface area contributed by atoms with Crippen LogP contribution in [0.15, 0.2) is 30.6 Å². The van der Waals surface area contributed by atoms with E-state index in [0.717, 1.165) is 35.2 Å². The second-order valence-electron chi connectivity index (χ2n) is 6.08. The zero-order valence-corrected chi connectivity index (χ0v) is 12.2. The van der Waals surface area contributed by atoms with Gasteiger partial charge in [0, 0.05) is 24.2 Å². The van der Waals surface area contributed by atoms with Crippen LogP contribution in [0.3, 0.4) is 0 Å². The molecule has 2 aromatic rings. The molecule has 0 amide bonds. The molecule has 0 aliphatic heterocycles. The molecule has 2 aromatic heterocycles. The Bertz CT molecular complexity index is 653. The minimum absolute atomic E-state index is 0.228. The van der Waals surface area contributed by atoms with Crippen LogP contribution in [0.5, 0.6) is 0 Å². The molecule has 0 aromatic carbocycles. The highest BCUT2D eigenvalue weighted by Crippen LogP contribution is 2.22. The van der Waals surface area contributed by atoms with Gasteiger partial charge in [0.05, 0.1) is 18.0 Å². The molecule has 2 N–H and O–H groups in total. The number of nitrogens with zero attached hydrogens (tertiary/aromatic N) is 2. The summed E-state index contributed by atoms with van der Waals surface area (Å²) in [7, 11) is 0. The number of nitriles is 1. The first-order valence-electron chi connectivity index (χ1n) is 6.74. The van der Waals surface area contributed by atoms with Crippen molar-refractivity contribution in [2.24, 2.45) is 5.41 Å². The Morgan fingerprint density at radius 2 is 2.25 bits per heavy atom. The standard InChI is InChI=1S/C16H20N4/c1-16(2,3)11-20-13-8-14-12(6-4-5-7-17)9-18-15(14)19-10-13/h4-5,8-10,20H,6,11H2,1-3H3,(H,18,19). The summed E-state index contributed by atoms with van der Waals surface area (Å²) in [5, 5.41) is 13.0. The summed E-state index contributed by atoms with van der Waals surface area (Å²) >= 11 is 0. The number of rotatable bonds is 4. The van der Waals surface area contributed by atoms with E-state index in [1.807, 2.05) is 24.5 Å². The van der Waals surface area contributed by atoms with E-state index in [1.165, 1.54) is 6.08 Å². The first-order valence-corrected chi connectivity index (χ1v) is 6.74. The van der Waals surface area contributed by atoms with Crippen molar-refractivity contribution in [2.75, 3.05) is 11.9 Å². The summed E-state index contributed by atoms with van der Waals surface area (Å²) in [6, 6.07) is 4.12. The molecule has 0 saturated carbocycles. The van der Waals surface area contributed by atoms with Gasteiger partial charge in [-0.2, -0.15) is 5.26 Å². The van der Waals surface area contributed by atoms with Gasteiger partial charge < -0.3 is 10.3 Å². The lowest BCUT2D eigenvalue weighted by atomic mass is 9.97. The number of hydrogen-bond acceptors (Lipinski definition) is 3. The van der Waals surface area contributed by atoms with Crippen LogP contribution in [0.1, 0.15) is 26.3 Å². The van der Waals surface area contributed by atoms with Crippen LogP contribution in [-0.2, 0) is 6.42 Å². The Kier molecular flexibility index (Phi) is 4.09. The van der Waals surface area contributed by atoms with E-state index in [1.54, 1.807) is 0 Å². The van der Waals surface area contributed by atoms with Gasteiger partial charge in [0.15, 0.2) is 0 Å². The molecule has 0 saturated heterocycles. The highest BCUT2D eigenvalue weighted by atomic mass is 14.9. The third-order valence-corrected chi connectivity index (χ3v) is 2.97. The molecule has 0 aliphatic rings. The van der Waals surface area contributed by atoms with Gasteiger partial charge in [0.2, 0.25) is 0 Å². The number of pyridine rings is 1. The molecule has 0 spiro atoms. The Hall–Kier alpha value is -2.28. The van der Waals surface area contributed by atoms with Gasteiger partial charge in [-0.3, -0.25) is 0 Å². The second-order valence-corrected chi connectivity index (χ2v) is 6.08. The zero-order chi connectivity index (χ0) is 14.6. The molecule has 4 heteroatoms. The maximum Gasteiger partial charge on any atom is 0.137 e. The molecule has 0 fully saturated rings. The topological polar surface area (TPSA) is 64.5 Å². The van der Waals surface area contributed by atoms with Crippen molar-refractivity contribution >= 4 is 16.7 Å². The van der Waals surface area contributed by atoms with Crippen LogP contribution in [0, 0.1) is 16.7 Å². The zero-order valence-electron chi connectivity index (χ0n) is 12.2. The van der Waals surface area contributed by atoms with E-state index in [-0.39, 0.29) is 5.41 Å². The molecule has 0 atom stereocenters. The number of H-pyrrole nitrogens is 1. The predicted octanol–water partition coefficient (Wildman–Crippen LogP) is 3.64. The summed E-state index contributed by atoms with van der Waals surface area (Å²) in [5.41, 5.74) is 3.29. The summed E-state index contributed by atoms with van der Waals surface area (Å²) in [6.07, 6.45) is 7.90. The van der Waals surface area contributed by atoms with Crippen molar-refractivity contribution in [3.05, 3.63) is 36.2 Å². The largest absolute Gasteiger partial charge is 0.383 e. The molecule has 2 rings (SSSR count). The number of anilines is 1. The number of allylic oxidation sites excluding steroid dienone is 2. The average molecular weight is 268 g/mol. The Morgan fingerprint density at radius 3 is 2.95 bits per heavy atom. The van der Waals surface area contributed by atoms with Crippen molar-refractivity contribution in [2.45, 2.75) is 27.2 Å². The van der Waals surface area contributed by atoms with Gasteiger partial charge in [-0.05, 0) is 23.5 Å². The maximum absolute atomic E-state index is 8.53. The van der Waals surface area contributed by atoms with Gasteiger partial charge in [-0.15, -0.1) is 0 Å². The fraction of sp³-hybridized carbons (Fsp3) is 0.375. The van der Waals surface area contributed by atoms with Crippen molar-refractivity contribution in [1.29, 1.82) is 5.26 Å². The number of aromatic nitrogens is 2. The average Bonchev–Trinajstić information content (AvgIpc) is 2.79. The summed E-state index contributed by atoms with van der Waals surface area (Å²) in [6.45, 7) is 7.48. The lowest BCUT2D eigenvalue weighted by Crippen LogP contribution is -2.19. The molecule has 104 valence electrons. The SMILES string of the molecule is CC(C)(C)CNc1cnc2[nH]cc(CC=CC#N)c2c1. The number of aromatic amines is 1. The predicted molar refractivity (Wildman–Crippen MR) is 82.5 cm³/mol. The van der Waals surface area contributed by atoms with E-state index < -0.39 is 0 Å². The monoisotopic (exact) mass is 268 g/mol. The quantitative estimate of drug-likeness (QED) is 0.832. The van der Waals surface area contributed by atoms with Crippen LogP contribution in [0.4, 0.5) is 5.69 Å². The highest BCUT2D eigenvalue weighted by molar-refractivity contribution is 5.83. The Labute approximate surface area is 119 Å². The fourth-order valence-corrected chi connectivity index (χ4v) is 1.93. The number of fused-ring (bicyclic) bond motifs is 1.